The molecule has 1 fully saturated rings. The van der Waals surface area contributed by atoms with Gasteiger partial charge in [0.2, 0.25) is 0 Å². The van der Waals surface area contributed by atoms with Gasteiger partial charge in [-0.3, -0.25) is 4.99 Å². The summed E-state index contributed by atoms with van der Waals surface area (Å²) >= 11 is 0. The molecular formula is C25H37N5. The van der Waals surface area contributed by atoms with Crippen LogP contribution in [0.15, 0.2) is 103 Å². The van der Waals surface area contributed by atoms with E-state index in [4.69, 9.17) is 17.2 Å². The molecule has 0 aromatic carbocycles. The molecule has 0 aromatic rings. The Hall–Kier alpha value is -3.05. The number of hydrogen-bond donors (Lipinski definition) is 3. The summed E-state index contributed by atoms with van der Waals surface area (Å²) in [6.07, 6.45) is 14.6. The first-order valence-electron chi connectivity index (χ1n) is 9.85. The Morgan fingerprint density at radius 1 is 1.00 bits per heavy atom. The van der Waals surface area contributed by atoms with E-state index in [1.54, 1.807) is 12.2 Å². The molecule has 1 aliphatic rings. The summed E-state index contributed by atoms with van der Waals surface area (Å²) in [7, 11) is 1.94. The first-order valence-corrected chi connectivity index (χ1v) is 9.85. The van der Waals surface area contributed by atoms with E-state index in [9.17, 15) is 0 Å². The second kappa shape index (κ2) is 10.1. The van der Waals surface area contributed by atoms with Crippen molar-refractivity contribution in [3.05, 3.63) is 97.8 Å². The van der Waals surface area contributed by atoms with Gasteiger partial charge in [-0.2, -0.15) is 0 Å². The van der Waals surface area contributed by atoms with Gasteiger partial charge in [0, 0.05) is 53.9 Å². The van der Waals surface area contributed by atoms with Crippen molar-refractivity contribution in [1.82, 2.24) is 4.90 Å². The van der Waals surface area contributed by atoms with Gasteiger partial charge in [0.15, 0.2) is 0 Å². The summed E-state index contributed by atoms with van der Waals surface area (Å²) in [5, 5.41) is 0. The zero-order valence-electron chi connectivity index (χ0n) is 18.6. The molecule has 1 aliphatic carbocycles. The van der Waals surface area contributed by atoms with Gasteiger partial charge in [-0.15, -0.1) is 13.2 Å². The Labute approximate surface area is 182 Å². The molecule has 0 spiro atoms. The molecule has 0 heterocycles. The van der Waals surface area contributed by atoms with Gasteiger partial charge >= 0.3 is 0 Å². The van der Waals surface area contributed by atoms with Crippen LogP contribution >= 0.6 is 0 Å². The summed E-state index contributed by atoms with van der Waals surface area (Å²) in [5.41, 5.74) is 19.9. The minimum atomic E-state index is -0.303. The third-order valence-corrected chi connectivity index (χ3v) is 6.30. The summed E-state index contributed by atoms with van der Waals surface area (Å²) in [4.78, 5) is 5.64. The lowest BCUT2D eigenvalue weighted by Crippen LogP contribution is -2.63. The lowest BCUT2D eigenvalue weighted by molar-refractivity contribution is -0.0869. The standard InChI is InChI=1S/C25H37N5/c1-9-22-24(5,18(3)13-14-20(27)16-29-7)23(10-2)25(22,6)19(4)30(8)17-21(28)12-11-15-26/h9-14,16-17,22-23H,1-4,7,15,26-28H2,5-6,8H3/b12-11-,14-13-,20-16+,21-17+. The second-order valence-electron chi connectivity index (χ2n) is 7.99. The Balaban J connectivity index is 3.28. The summed E-state index contributed by atoms with van der Waals surface area (Å²) < 4.78 is 0. The van der Waals surface area contributed by atoms with Crippen LogP contribution in [0.5, 0.6) is 0 Å². The zero-order chi connectivity index (χ0) is 23.1. The third kappa shape index (κ3) is 4.41. The number of nitrogens with zero attached hydrogens (tertiary/aromatic N) is 2. The van der Waals surface area contributed by atoms with E-state index in [1.165, 1.54) is 6.20 Å². The fraction of sp³-hybridized carbons (Fsp3) is 0.320. The molecule has 5 heteroatoms. The van der Waals surface area contributed by atoms with Gasteiger partial charge in [0.1, 0.15) is 0 Å². The van der Waals surface area contributed by atoms with Crippen molar-refractivity contribution < 1.29 is 0 Å². The smallest absolute Gasteiger partial charge is 0.0499 e. The van der Waals surface area contributed by atoms with Gasteiger partial charge in [0.05, 0.1) is 0 Å². The lowest BCUT2D eigenvalue weighted by Gasteiger charge is -2.67. The fourth-order valence-electron chi connectivity index (χ4n) is 4.73. The minimum absolute atomic E-state index is 0.0806. The third-order valence-electron chi connectivity index (χ3n) is 6.30. The molecule has 0 aliphatic heterocycles. The van der Waals surface area contributed by atoms with Crippen molar-refractivity contribution in [3.8, 4) is 0 Å². The topological polar surface area (TPSA) is 93.7 Å². The Morgan fingerprint density at radius 3 is 2.03 bits per heavy atom. The van der Waals surface area contributed by atoms with Crippen LogP contribution in [0, 0.1) is 22.7 Å². The second-order valence-corrected chi connectivity index (χ2v) is 7.99. The normalized spacial score (nSPS) is 29.5. The van der Waals surface area contributed by atoms with E-state index in [1.807, 2.05) is 42.5 Å². The summed E-state index contributed by atoms with van der Waals surface area (Å²) in [5.74, 6) is 0.161. The maximum absolute atomic E-state index is 6.07. The van der Waals surface area contributed by atoms with E-state index >= 15 is 0 Å². The van der Waals surface area contributed by atoms with E-state index in [2.05, 4.69) is 51.9 Å². The van der Waals surface area contributed by atoms with Crippen LogP contribution in [-0.4, -0.2) is 25.2 Å². The molecule has 5 nitrogen and oxygen atoms in total. The molecule has 0 saturated heterocycles. The van der Waals surface area contributed by atoms with Crippen LogP contribution in [0.3, 0.4) is 0 Å². The molecule has 0 radical (unpaired) electrons. The first kappa shape index (κ1) is 25.0. The molecule has 0 aromatic heterocycles. The molecule has 1 rings (SSSR count). The highest BCUT2D eigenvalue weighted by atomic mass is 15.1. The predicted octanol–water partition coefficient (Wildman–Crippen LogP) is 3.99. The van der Waals surface area contributed by atoms with Crippen LogP contribution < -0.4 is 17.2 Å². The Kier molecular flexibility index (Phi) is 8.43. The molecule has 162 valence electrons. The molecular weight excluding hydrogens is 370 g/mol. The van der Waals surface area contributed by atoms with E-state index in [0.717, 1.165) is 11.3 Å². The average Bonchev–Trinajstić information content (AvgIpc) is 2.70. The van der Waals surface area contributed by atoms with E-state index < -0.39 is 0 Å². The number of nitrogens with two attached hydrogens (primary N) is 3. The van der Waals surface area contributed by atoms with Crippen LogP contribution in [0.2, 0.25) is 0 Å². The number of rotatable bonds is 11. The largest absolute Gasteiger partial charge is 0.398 e. The molecule has 1 saturated carbocycles. The van der Waals surface area contributed by atoms with Crippen LogP contribution in [-0.2, 0) is 0 Å². The highest BCUT2D eigenvalue weighted by molar-refractivity contribution is 5.43. The van der Waals surface area contributed by atoms with Crippen LogP contribution in [0.4, 0.5) is 0 Å². The quantitative estimate of drug-likeness (QED) is 0.274. The molecule has 0 amide bonds. The van der Waals surface area contributed by atoms with E-state index in [-0.39, 0.29) is 22.7 Å². The number of hydrogen-bond acceptors (Lipinski definition) is 5. The maximum atomic E-state index is 6.07. The highest BCUT2D eigenvalue weighted by Crippen LogP contribution is 2.70. The number of allylic oxidation sites excluding steroid dienone is 7. The molecule has 30 heavy (non-hydrogen) atoms. The molecule has 0 bridgehead atoms. The van der Waals surface area contributed by atoms with Crippen LogP contribution in [0.25, 0.3) is 0 Å². The first-order chi connectivity index (χ1) is 14.0. The molecule has 2 unspecified atom stereocenters. The Bertz CT molecular complexity index is 808. The lowest BCUT2D eigenvalue weighted by atomic mass is 9.37. The van der Waals surface area contributed by atoms with Gasteiger partial charge in [-0.1, -0.05) is 51.3 Å². The highest BCUT2D eigenvalue weighted by Gasteiger charge is 2.65. The summed E-state index contributed by atoms with van der Waals surface area (Å²) in [6, 6.07) is 0. The van der Waals surface area contributed by atoms with Gasteiger partial charge in [-0.05, 0) is 36.3 Å². The molecule has 6 N–H and O–H groups in total. The molecule has 2 atom stereocenters. The van der Waals surface area contributed by atoms with Crippen molar-refractivity contribution in [2.24, 2.45) is 44.9 Å². The van der Waals surface area contributed by atoms with Gasteiger partial charge in [-0.25, -0.2) is 0 Å². The maximum Gasteiger partial charge on any atom is 0.0499 e. The van der Waals surface area contributed by atoms with Gasteiger partial charge < -0.3 is 22.1 Å². The van der Waals surface area contributed by atoms with Crippen molar-refractivity contribution in [2.75, 3.05) is 13.6 Å². The zero-order valence-corrected chi connectivity index (χ0v) is 18.6. The Morgan fingerprint density at radius 2 is 1.57 bits per heavy atom. The summed E-state index contributed by atoms with van der Waals surface area (Å²) in [6.45, 7) is 25.1. The van der Waals surface area contributed by atoms with Crippen LogP contribution in [0.1, 0.15) is 13.8 Å². The van der Waals surface area contributed by atoms with Crippen molar-refractivity contribution in [1.29, 1.82) is 0 Å². The predicted molar refractivity (Wildman–Crippen MR) is 131 cm³/mol. The van der Waals surface area contributed by atoms with Crippen molar-refractivity contribution in [2.45, 2.75) is 13.8 Å². The van der Waals surface area contributed by atoms with Gasteiger partial charge in [0.25, 0.3) is 0 Å². The number of aliphatic imine (C=N–C) groups is 1. The fourth-order valence-corrected chi connectivity index (χ4v) is 4.73. The monoisotopic (exact) mass is 407 g/mol. The SMILES string of the molecule is C=CC1C(C)(C(=C)/C=C\C(N)=C/N=C)C(C=C)C1(C)C(=C)N(C)/C=C(N)\C=C/CN. The van der Waals surface area contributed by atoms with Crippen molar-refractivity contribution in [3.63, 3.8) is 0 Å². The minimum Gasteiger partial charge on any atom is -0.398 e. The van der Waals surface area contributed by atoms with Crippen molar-refractivity contribution >= 4 is 6.72 Å². The average molecular weight is 408 g/mol. The van der Waals surface area contributed by atoms with E-state index in [0.29, 0.717) is 17.9 Å².